The molecular formula is C14H16. The third-order valence-electron chi connectivity index (χ3n) is 1.76. The first-order chi connectivity index (χ1) is 7.00. The SMILES string of the molecule is C1=CC=CCC=CC=CCC=CC=C1. The second-order valence-corrected chi connectivity index (χ2v) is 2.95. The highest BCUT2D eigenvalue weighted by Gasteiger charge is 1.71. The quantitative estimate of drug-likeness (QED) is 0.531. The Hall–Kier alpha value is -1.56. The van der Waals surface area contributed by atoms with E-state index in [0.29, 0.717) is 0 Å². The van der Waals surface area contributed by atoms with Crippen molar-refractivity contribution in [2.45, 2.75) is 12.8 Å². The van der Waals surface area contributed by atoms with E-state index in [1.807, 2.05) is 24.3 Å². The monoisotopic (exact) mass is 184 g/mol. The summed E-state index contributed by atoms with van der Waals surface area (Å²) in [7, 11) is 0. The zero-order chi connectivity index (χ0) is 9.90. The number of rotatable bonds is 0. The van der Waals surface area contributed by atoms with E-state index in [2.05, 4.69) is 48.6 Å². The largest absolute Gasteiger partial charge is 0.0808 e. The first-order valence-electron chi connectivity index (χ1n) is 4.97. The highest BCUT2D eigenvalue weighted by Crippen LogP contribution is 1.92. The van der Waals surface area contributed by atoms with Crippen LogP contribution in [0.2, 0.25) is 0 Å². The fourth-order valence-electron chi connectivity index (χ4n) is 1.04. The van der Waals surface area contributed by atoms with E-state index in [1.165, 1.54) is 0 Å². The topological polar surface area (TPSA) is 0 Å². The van der Waals surface area contributed by atoms with Gasteiger partial charge in [0.15, 0.2) is 0 Å². The van der Waals surface area contributed by atoms with Crippen LogP contribution in [-0.4, -0.2) is 0 Å². The Morgan fingerprint density at radius 2 is 0.643 bits per heavy atom. The lowest BCUT2D eigenvalue weighted by Gasteiger charge is -1.82. The fraction of sp³-hybridized carbons (Fsp3) is 0.143. The maximum Gasteiger partial charge on any atom is -0.0163 e. The van der Waals surface area contributed by atoms with Crippen LogP contribution in [0, 0.1) is 0 Å². The molecule has 0 aromatic carbocycles. The number of hydrogen-bond acceptors (Lipinski definition) is 0. The van der Waals surface area contributed by atoms with E-state index in [4.69, 9.17) is 0 Å². The second kappa shape index (κ2) is 8.06. The van der Waals surface area contributed by atoms with Crippen molar-refractivity contribution in [1.29, 1.82) is 0 Å². The molecule has 0 amide bonds. The third kappa shape index (κ3) is 6.01. The highest BCUT2D eigenvalue weighted by atomic mass is 13.8. The summed E-state index contributed by atoms with van der Waals surface area (Å²) in [5.74, 6) is 0. The average molecular weight is 184 g/mol. The van der Waals surface area contributed by atoms with Crippen LogP contribution < -0.4 is 0 Å². The van der Waals surface area contributed by atoms with E-state index >= 15 is 0 Å². The molecule has 1 aliphatic carbocycles. The smallest absolute Gasteiger partial charge is 0.0163 e. The second-order valence-electron chi connectivity index (χ2n) is 2.95. The van der Waals surface area contributed by atoms with Gasteiger partial charge in [-0.1, -0.05) is 72.9 Å². The van der Waals surface area contributed by atoms with Gasteiger partial charge in [0.25, 0.3) is 0 Å². The molecule has 0 unspecified atom stereocenters. The summed E-state index contributed by atoms with van der Waals surface area (Å²) in [6, 6.07) is 0. The van der Waals surface area contributed by atoms with Crippen LogP contribution in [0.1, 0.15) is 12.8 Å². The van der Waals surface area contributed by atoms with Crippen LogP contribution in [0.3, 0.4) is 0 Å². The van der Waals surface area contributed by atoms with Gasteiger partial charge in [-0.25, -0.2) is 0 Å². The first-order valence-corrected chi connectivity index (χ1v) is 4.97. The van der Waals surface area contributed by atoms with Crippen molar-refractivity contribution in [1.82, 2.24) is 0 Å². The maximum atomic E-state index is 2.14. The van der Waals surface area contributed by atoms with E-state index < -0.39 is 0 Å². The van der Waals surface area contributed by atoms with Gasteiger partial charge in [0.2, 0.25) is 0 Å². The van der Waals surface area contributed by atoms with Crippen molar-refractivity contribution in [3.05, 3.63) is 72.9 Å². The summed E-state index contributed by atoms with van der Waals surface area (Å²) in [6.07, 6.45) is 27.0. The molecule has 0 saturated heterocycles. The molecule has 0 heteroatoms. The van der Waals surface area contributed by atoms with Gasteiger partial charge in [-0.2, -0.15) is 0 Å². The van der Waals surface area contributed by atoms with Crippen molar-refractivity contribution in [3.8, 4) is 0 Å². The Balaban J connectivity index is 2.55. The molecule has 1 rings (SSSR count). The van der Waals surface area contributed by atoms with E-state index in [1.54, 1.807) is 0 Å². The molecule has 0 aliphatic heterocycles. The summed E-state index contributed by atoms with van der Waals surface area (Å²) in [5, 5.41) is 0. The van der Waals surface area contributed by atoms with E-state index in [9.17, 15) is 0 Å². The molecule has 0 aromatic rings. The minimum Gasteiger partial charge on any atom is -0.0808 e. The average Bonchev–Trinajstić information content (AvgIpc) is 2.22. The number of allylic oxidation sites excluding steroid dienone is 12. The Labute approximate surface area is 86.3 Å². The van der Waals surface area contributed by atoms with Gasteiger partial charge in [-0.3, -0.25) is 0 Å². The maximum absolute atomic E-state index is 2.14. The molecule has 0 N–H and O–H groups in total. The van der Waals surface area contributed by atoms with Gasteiger partial charge in [0, 0.05) is 0 Å². The van der Waals surface area contributed by atoms with E-state index in [0.717, 1.165) is 12.8 Å². The van der Waals surface area contributed by atoms with Crippen LogP contribution in [0.15, 0.2) is 72.9 Å². The molecule has 72 valence electrons. The highest BCUT2D eigenvalue weighted by molar-refractivity contribution is 5.17. The molecule has 0 spiro atoms. The van der Waals surface area contributed by atoms with Gasteiger partial charge in [-0.05, 0) is 12.8 Å². The Kier molecular flexibility index (Phi) is 6.05. The summed E-state index contributed by atoms with van der Waals surface area (Å²) in [6.45, 7) is 0. The first kappa shape index (κ1) is 10.5. The molecule has 0 aromatic heterocycles. The Bertz CT molecular complexity index is 264. The molecule has 1 aliphatic rings. The molecule has 0 atom stereocenters. The van der Waals surface area contributed by atoms with Crippen LogP contribution >= 0.6 is 0 Å². The van der Waals surface area contributed by atoms with Gasteiger partial charge in [0.05, 0.1) is 0 Å². The number of hydrogen-bond donors (Lipinski definition) is 0. The molecule has 0 radical (unpaired) electrons. The van der Waals surface area contributed by atoms with Crippen molar-refractivity contribution in [2.24, 2.45) is 0 Å². The van der Waals surface area contributed by atoms with E-state index in [-0.39, 0.29) is 0 Å². The Morgan fingerprint density at radius 1 is 0.357 bits per heavy atom. The van der Waals surface area contributed by atoms with Crippen LogP contribution in [0.4, 0.5) is 0 Å². The molecule has 0 nitrogen and oxygen atoms in total. The fourth-order valence-corrected chi connectivity index (χ4v) is 1.04. The summed E-state index contributed by atoms with van der Waals surface area (Å²) in [4.78, 5) is 0. The zero-order valence-corrected chi connectivity index (χ0v) is 8.34. The van der Waals surface area contributed by atoms with Crippen LogP contribution in [0.25, 0.3) is 0 Å². The normalized spacial score (nSPS) is 17.1. The predicted molar refractivity (Wildman–Crippen MR) is 64.1 cm³/mol. The lowest BCUT2D eigenvalue weighted by Crippen LogP contribution is -1.61. The molecule has 14 heavy (non-hydrogen) atoms. The summed E-state index contributed by atoms with van der Waals surface area (Å²) < 4.78 is 0. The van der Waals surface area contributed by atoms with Crippen LogP contribution in [0.5, 0.6) is 0 Å². The predicted octanol–water partition coefficient (Wildman–Crippen LogP) is 4.12. The standard InChI is InChI=1S/C14H16/c1-2-4-6-8-10-12-14-13-11-9-7-5-3-1/h1-8,11-14H,9-10H2. The zero-order valence-electron chi connectivity index (χ0n) is 8.34. The van der Waals surface area contributed by atoms with Crippen molar-refractivity contribution < 1.29 is 0 Å². The molecule has 0 saturated carbocycles. The van der Waals surface area contributed by atoms with Crippen molar-refractivity contribution >= 4 is 0 Å². The van der Waals surface area contributed by atoms with Crippen molar-refractivity contribution in [3.63, 3.8) is 0 Å². The Morgan fingerprint density at radius 3 is 1.07 bits per heavy atom. The molecule has 0 bridgehead atoms. The van der Waals surface area contributed by atoms with Crippen molar-refractivity contribution in [2.75, 3.05) is 0 Å². The molecule has 0 heterocycles. The van der Waals surface area contributed by atoms with Gasteiger partial charge in [-0.15, -0.1) is 0 Å². The van der Waals surface area contributed by atoms with Gasteiger partial charge >= 0.3 is 0 Å². The minimum absolute atomic E-state index is 0.994. The minimum atomic E-state index is 0.994. The third-order valence-corrected chi connectivity index (χ3v) is 1.76. The van der Waals surface area contributed by atoms with Crippen LogP contribution in [-0.2, 0) is 0 Å². The molecular weight excluding hydrogens is 168 g/mol. The lowest BCUT2D eigenvalue weighted by molar-refractivity contribution is 1.37. The molecule has 0 fully saturated rings. The van der Waals surface area contributed by atoms with Gasteiger partial charge in [0.1, 0.15) is 0 Å². The summed E-state index contributed by atoms with van der Waals surface area (Å²) >= 11 is 0. The lowest BCUT2D eigenvalue weighted by atomic mass is 10.3. The summed E-state index contributed by atoms with van der Waals surface area (Å²) in [5.41, 5.74) is 0. The van der Waals surface area contributed by atoms with Gasteiger partial charge < -0.3 is 0 Å².